The first-order valence-corrected chi connectivity index (χ1v) is 2.74. The zero-order valence-electron chi connectivity index (χ0n) is 4.02. The normalized spacial score (nSPS) is 57.0. The van der Waals surface area contributed by atoms with Gasteiger partial charge in [-0.1, -0.05) is 0 Å². The Morgan fingerprint density at radius 3 is 2.14 bits per heavy atom. The first-order valence-electron chi connectivity index (χ1n) is 2.74. The molecule has 2 rings (SSSR count). The minimum absolute atomic E-state index is 0.403. The van der Waals surface area contributed by atoms with Crippen LogP contribution in [-0.4, -0.2) is 19.3 Å². The van der Waals surface area contributed by atoms with Crippen molar-refractivity contribution in [2.45, 2.75) is 6.17 Å². The van der Waals surface area contributed by atoms with Crippen LogP contribution in [0.4, 0.5) is 4.39 Å². The highest BCUT2D eigenvalue weighted by molar-refractivity contribution is 5.04. The number of piperidine rings is 1. The second-order valence-corrected chi connectivity index (χ2v) is 2.43. The highest BCUT2D eigenvalue weighted by atomic mass is 19.1. The van der Waals surface area contributed by atoms with Crippen molar-refractivity contribution in [1.82, 2.24) is 5.32 Å². The van der Waals surface area contributed by atoms with Gasteiger partial charge >= 0.3 is 0 Å². The van der Waals surface area contributed by atoms with E-state index in [-0.39, 0.29) is 0 Å². The van der Waals surface area contributed by atoms with Crippen LogP contribution in [0.1, 0.15) is 0 Å². The van der Waals surface area contributed by atoms with Crippen molar-refractivity contribution in [3.05, 3.63) is 0 Å². The van der Waals surface area contributed by atoms with E-state index in [1.807, 2.05) is 0 Å². The molecule has 0 aromatic heterocycles. The molecule has 1 aliphatic heterocycles. The van der Waals surface area contributed by atoms with Crippen molar-refractivity contribution in [2.24, 2.45) is 11.8 Å². The summed E-state index contributed by atoms with van der Waals surface area (Å²) in [6.45, 7) is 1.84. The number of halogens is 1. The smallest absolute Gasteiger partial charge is 0.109 e. The van der Waals surface area contributed by atoms with Crippen molar-refractivity contribution < 1.29 is 4.39 Å². The summed E-state index contributed by atoms with van der Waals surface area (Å²) in [5.41, 5.74) is 0. The van der Waals surface area contributed by atoms with Gasteiger partial charge in [-0.2, -0.15) is 0 Å². The SMILES string of the molecule is F[C@@H]1[C@H]2CNC[C@@H]12. The van der Waals surface area contributed by atoms with Gasteiger partial charge < -0.3 is 5.32 Å². The van der Waals surface area contributed by atoms with Gasteiger partial charge in [0, 0.05) is 24.9 Å². The molecule has 1 N–H and O–H groups in total. The lowest BCUT2D eigenvalue weighted by Gasteiger charge is -1.91. The third-order valence-electron chi connectivity index (χ3n) is 1.99. The standard InChI is InChI=1S/C5H8FN/c6-5-3-1-7-2-4(3)5/h3-5,7H,1-2H2/t3-,4+,5+. The average molecular weight is 101 g/mol. The third kappa shape index (κ3) is 0.353. The Bertz CT molecular complexity index is 84.1. The molecule has 1 saturated heterocycles. The van der Waals surface area contributed by atoms with Crippen molar-refractivity contribution in [1.29, 1.82) is 0 Å². The highest BCUT2D eigenvalue weighted by Crippen LogP contribution is 2.44. The van der Waals surface area contributed by atoms with Crippen LogP contribution >= 0.6 is 0 Å². The predicted molar refractivity (Wildman–Crippen MR) is 24.7 cm³/mol. The molecule has 0 aromatic carbocycles. The fourth-order valence-corrected chi connectivity index (χ4v) is 1.34. The summed E-state index contributed by atoms with van der Waals surface area (Å²) >= 11 is 0. The molecule has 0 aromatic rings. The van der Waals surface area contributed by atoms with Gasteiger partial charge in [-0.25, -0.2) is 4.39 Å². The number of alkyl halides is 1. The Morgan fingerprint density at radius 1 is 1.29 bits per heavy atom. The minimum atomic E-state index is -0.443. The summed E-state index contributed by atoms with van der Waals surface area (Å²) < 4.78 is 12.2. The molecule has 3 atom stereocenters. The van der Waals surface area contributed by atoms with Crippen molar-refractivity contribution in [3.63, 3.8) is 0 Å². The largest absolute Gasteiger partial charge is 0.316 e. The number of hydrogen-bond donors (Lipinski definition) is 1. The lowest BCUT2D eigenvalue weighted by atomic mass is 10.4. The molecule has 1 nitrogen and oxygen atoms in total. The lowest BCUT2D eigenvalue weighted by molar-refractivity contribution is 0.405. The molecule has 0 spiro atoms. The maximum Gasteiger partial charge on any atom is 0.109 e. The summed E-state index contributed by atoms with van der Waals surface area (Å²) in [6, 6.07) is 0. The van der Waals surface area contributed by atoms with Crippen LogP contribution in [0.25, 0.3) is 0 Å². The van der Waals surface area contributed by atoms with Gasteiger partial charge in [0.05, 0.1) is 0 Å². The number of hydrogen-bond acceptors (Lipinski definition) is 1. The third-order valence-corrected chi connectivity index (χ3v) is 1.99. The average Bonchev–Trinajstić information content (AvgIpc) is 2.26. The molecule has 0 radical (unpaired) electrons. The quantitative estimate of drug-likeness (QED) is 0.458. The van der Waals surface area contributed by atoms with E-state index in [9.17, 15) is 4.39 Å². The highest BCUT2D eigenvalue weighted by Gasteiger charge is 2.53. The van der Waals surface area contributed by atoms with Crippen LogP contribution in [0.2, 0.25) is 0 Å². The first kappa shape index (κ1) is 3.84. The monoisotopic (exact) mass is 101 g/mol. The summed E-state index contributed by atoms with van der Waals surface area (Å²) in [5.74, 6) is 0.806. The number of nitrogens with one attached hydrogen (secondary N) is 1. The summed E-state index contributed by atoms with van der Waals surface area (Å²) in [7, 11) is 0. The van der Waals surface area contributed by atoms with Gasteiger partial charge in [0.2, 0.25) is 0 Å². The zero-order chi connectivity index (χ0) is 4.85. The molecule has 40 valence electrons. The van der Waals surface area contributed by atoms with Crippen LogP contribution < -0.4 is 5.32 Å². The number of fused-ring (bicyclic) bond motifs is 1. The van der Waals surface area contributed by atoms with Gasteiger partial charge in [-0.3, -0.25) is 0 Å². The van der Waals surface area contributed by atoms with Crippen LogP contribution in [0.15, 0.2) is 0 Å². The van der Waals surface area contributed by atoms with E-state index >= 15 is 0 Å². The van der Waals surface area contributed by atoms with E-state index in [1.54, 1.807) is 0 Å². The summed E-state index contributed by atoms with van der Waals surface area (Å²) in [5, 5.41) is 3.11. The van der Waals surface area contributed by atoms with Crippen LogP contribution in [0, 0.1) is 11.8 Å². The molecule has 1 saturated carbocycles. The van der Waals surface area contributed by atoms with Gasteiger partial charge in [0.1, 0.15) is 6.17 Å². The predicted octanol–water partition coefficient (Wildman–Crippen LogP) is 0.174. The summed E-state index contributed by atoms with van der Waals surface area (Å²) in [6.07, 6.45) is -0.443. The Kier molecular flexibility index (Phi) is 0.546. The van der Waals surface area contributed by atoms with E-state index < -0.39 is 6.17 Å². The van der Waals surface area contributed by atoms with Gasteiger partial charge in [-0.15, -0.1) is 0 Å². The Balaban J connectivity index is 2.06. The van der Waals surface area contributed by atoms with Crippen LogP contribution in [0.3, 0.4) is 0 Å². The maximum absolute atomic E-state index is 12.2. The van der Waals surface area contributed by atoms with Crippen LogP contribution in [-0.2, 0) is 0 Å². The molecule has 0 bridgehead atoms. The van der Waals surface area contributed by atoms with E-state index in [0.717, 1.165) is 13.1 Å². The number of rotatable bonds is 0. The fraction of sp³-hybridized carbons (Fsp3) is 1.00. The van der Waals surface area contributed by atoms with Gasteiger partial charge in [-0.05, 0) is 0 Å². The second kappa shape index (κ2) is 0.996. The zero-order valence-corrected chi connectivity index (χ0v) is 4.02. The Morgan fingerprint density at radius 2 is 1.86 bits per heavy atom. The van der Waals surface area contributed by atoms with E-state index in [0.29, 0.717) is 11.8 Å². The van der Waals surface area contributed by atoms with Gasteiger partial charge in [0.15, 0.2) is 0 Å². The molecular weight excluding hydrogens is 93.1 g/mol. The van der Waals surface area contributed by atoms with E-state index in [1.165, 1.54) is 0 Å². The molecule has 7 heavy (non-hydrogen) atoms. The van der Waals surface area contributed by atoms with Gasteiger partial charge in [0.25, 0.3) is 0 Å². The first-order chi connectivity index (χ1) is 3.39. The molecular formula is C5H8FN. The molecule has 2 aliphatic rings. The second-order valence-electron chi connectivity index (χ2n) is 2.43. The molecule has 0 amide bonds. The molecule has 1 heterocycles. The van der Waals surface area contributed by atoms with Crippen molar-refractivity contribution >= 4 is 0 Å². The molecule has 2 fully saturated rings. The molecule has 0 unspecified atom stereocenters. The topological polar surface area (TPSA) is 12.0 Å². The van der Waals surface area contributed by atoms with E-state index in [2.05, 4.69) is 5.32 Å². The van der Waals surface area contributed by atoms with Crippen molar-refractivity contribution in [3.8, 4) is 0 Å². The molecule has 1 aliphatic carbocycles. The maximum atomic E-state index is 12.2. The fourth-order valence-electron chi connectivity index (χ4n) is 1.34. The van der Waals surface area contributed by atoms with Crippen LogP contribution in [0.5, 0.6) is 0 Å². The Labute approximate surface area is 41.9 Å². The minimum Gasteiger partial charge on any atom is -0.316 e. The van der Waals surface area contributed by atoms with Crippen molar-refractivity contribution in [2.75, 3.05) is 13.1 Å². The van der Waals surface area contributed by atoms with E-state index in [4.69, 9.17) is 0 Å². The Hall–Kier alpha value is -0.110. The lowest BCUT2D eigenvalue weighted by Crippen LogP contribution is -2.14. The molecule has 2 heteroatoms. The summed E-state index contributed by atoms with van der Waals surface area (Å²) in [4.78, 5) is 0.